The molecule has 0 fully saturated rings. The van der Waals surface area contributed by atoms with E-state index in [0.717, 1.165) is 34.7 Å². The minimum Gasteiger partial charge on any atom is -0.310 e. The number of hydrogen-bond donors (Lipinski definition) is 0. The van der Waals surface area contributed by atoms with Crippen molar-refractivity contribution < 1.29 is 17.6 Å². The maximum absolute atomic E-state index is 14.2. The van der Waals surface area contributed by atoms with E-state index in [9.17, 15) is 17.6 Å². The van der Waals surface area contributed by atoms with Gasteiger partial charge in [-0.1, -0.05) is 30.3 Å². The molecule has 7 heteroatoms. The summed E-state index contributed by atoms with van der Waals surface area (Å²) in [5.41, 5.74) is 1.72. The third-order valence-electron chi connectivity index (χ3n) is 4.53. The Kier molecular flexibility index (Phi) is 5.00. The van der Waals surface area contributed by atoms with Gasteiger partial charge in [0.15, 0.2) is 0 Å². The van der Waals surface area contributed by atoms with E-state index in [4.69, 9.17) is 0 Å². The van der Waals surface area contributed by atoms with Gasteiger partial charge in [0.25, 0.3) is 5.91 Å². The second-order valence-corrected chi connectivity index (χ2v) is 8.27. The molecule has 1 amide bonds. The van der Waals surface area contributed by atoms with Crippen molar-refractivity contribution in [3.8, 4) is 0 Å². The van der Waals surface area contributed by atoms with Crippen LogP contribution < -0.4 is 9.21 Å². The average molecular weight is 376 g/mol. The zero-order chi connectivity index (χ0) is 18.9. The summed E-state index contributed by atoms with van der Waals surface area (Å²) in [6, 6.07) is 12.1. The molecule has 0 saturated carbocycles. The summed E-state index contributed by atoms with van der Waals surface area (Å²) in [7, 11) is -3.85. The summed E-state index contributed by atoms with van der Waals surface area (Å²) in [6.45, 7) is 2.00. The monoisotopic (exact) mass is 376 g/mol. The van der Waals surface area contributed by atoms with Gasteiger partial charge in [-0.3, -0.25) is 9.10 Å². The molecule has 0 N–H and O–H groups in total. The van der Waals surface area contributed by atoms with Crippen molar-refractivity contribution in [3.05, 3.63) is 59.9 Å². The number of carbonyl (C=O) groups excluding carboxylic acids is 1. The fourth-order valence-corrected chi connectivity index (χ4v) is 4.56. The summed E-state index contributed by atoms with van der Waals surface area (Å²) >= 11 is 0. The van der Waals surface area contributed by atoms with Crippen molar-refractivity contribution in [1.82, 2.24) is 0 Å². The highest BCUT2D eigenvalue weighted by Gasteiger charge is 2.35. The Morgan fingerprint density at radius 2 is 1.81 bits per heavy atom. The van der Waals surface area contributed by atoms with Gasteiger partial charge in [0.2, 0.25) is 10.0 Å². The summed E-state index contributed by atoms with van der Waals surface area (Å²) in [6.07, 6.45) is 2.65. The van der Waals surface area contributed by atoms with Gasteiger partial charge in [0.05, 0.1) is 11.9 Å². The number of halogens is 1. The Balaban J connectivity index is 2.00. The Hall–Kier alpha value is -2.41. The van der Waals surface area contributed by atoms with E-state index < -0.39 is 21.9 Å². The minimum atomic E-state index is -3.85. The lowest BCUT2D eigenvalue weighted by molar-refractivity contribution is -0.119. The molecule has 138 valence electrons. The lowest BCUT2D eigenvalue weighted by Crippen LogP contribution is -2.51. The molecule has 1 aliphatic rings. The maximum Gasteiger partial charge on any atom is 0.250 e. The molecule has 0 saturated heterocycles. The van der Waals surface area contributed by atoms with Crippen molar-refractivity contribution in [1.29, 1.82) is 0 Å². The van der Waals surface area contributed by atoms with Crippen molar-refractivity contribution >= 4 is 27.3 Å². The largest absolute Gasteiger partial charge is 0.310 e. The molecule has 0 bridgehead atoms. The molecule has 1 aliphatic heterocycles. The summed E-state index contributed by atoms with van der Waals surface area (Å²) in [4.78, 5) is 14.7. The second-order valence-electron chi connectivity index (χ2n) is 6.41. The van der Waals surface area contributed by atoms with Gasteiger partial charge in [-0.2, -0.15) is 0 Å². The number of rotatable bonds is 4. The van der Waals surface area contributed by atoms with Gasteiger partial charge in [-0.05, 0) is 43.5 Å². The number of nitrogens with zero attached hydrogens (tertiary/aromatic N) is 2. The van der Waals surface area contributed by atoms with Crippen molar-refractivity contribution in [2.75, 3.05) is 22.0 Å². The summed E-state index contributed by atoms with van der Waals surface area (Å²) in [5, 5.41) is 0. The number of hydrogen-bond acceptors (Lipinski definition) is 3. The van der Waals surface area contributed by atoms with Gasteiger partial charge >= 0.3 is 0 Å². The first-order valence-electron chi connectivity index (χ1n) is 8.44. The third-order valence-corrected chi connectivity index (χ3v) is 5.76. The number of anilines is 2. The molecule has 1 heterocycles. The van der Waals surface area contributed by atoms with Gasteiger partial charge in [-0.15, -0.1) is 0 Å². The molecular weight excluding hydrogens is 355 g/mol. The highest BCUT2D eigenvalue weighted by atomic mass is 32.2. The van der Waals surface area contributed by atoms with Crippen LogP contribution in [0.25, 0.3) is 0 Å². The van der Waals surface area contributed by atoms with Crippen LogP contribution in [0.15, 0.2) is 48.5 Å². The highest BCUT2D eigenvalue weighted by Crippen LogP contribution is 2.30. The number of carbonyl (C=O) groups is 1. The molecule has 0 aliphatic carbocycles. The Morgan fingerprint density at radius 3 is 2.50 bits per heavy atom. The van der Waals surface area contributed by atoms with Crippen LogP contribution in [0.5, 0.6) is 0 Å². The van der Waals surface area contributed by atoms with Crippen LogP contribution in [0, 0.1) is 5.82 Å². The molecular formula is C19H21FN2O3S. The first-order chi connectivity index (χ1) is 12.3. The molecule has 0 radical (unpaired) electrons. The van der Waals surface area contributed by atoms with Crippen LogP contribution in [0.3, 0.4) is 0 Å². The van der Waals surface area contributed by atoms with Gasteiger partial charge in [-0.25, -0.2) is 12.8 Å². The number of sulfonamides is 1. The molecule has 1 unspecified atom stereocenters. The number of benzene rings is 2. The van der Waals surface area contributed by atoms with E-state index in [1.807, 2.05) is 24.3 Å². The third kappa shape index (κ3) is 3.44. The molecule has 5 nitrogen and oxygen atoms in total. The molecule has 3 rings (SSSR count). The van der Waals surface area contributed by atoms with Crippen molar-refractivity contribution in [2.24, 2.45) is 0 Å². The van der Waals surface area contributed by atoms with Crippen molar-refractivity contribution in [2.45, 2.75) is 25.8 Å². The molecule has 0 spiro atoms. The Morgan fingerprint density at radius 1 is 1.15 bits per heavy atom. The first kappa shape index (κ1) is 18.4. The number of fused-ring (bicyclic) bond motifs is 1. The lowest BCUT2D eigenvalue weighted by atomic mass is 10.0. The highest BCUT2D eigenvalue weighted by molar-refractivity contribution is 7.92. The van der Waals surface area contributed by atoms with Crippen LogP contribution in [-0.4, -0.2) is 33.2 Å². The maximum atomic E-state index is 14.2. The zero-order valence-electron chi connectivity index (χ0n) is 14.7. The zero-order valence-corrected chi connectivity index (χ0v) is 15.5. The predicted octanol–water partition coefficient (Wildman–Crippen LogP) is 2.96. The Labute approximate surface area is 153 Å². The van der Waals surface area contributed by atoms with Crippen LogP contribution in [0.1, 0.15) is 18.9 Å². The van der Waals surface area contributed by atoms with Gasteiger partial charge in [0.1, 0.15) is 11.9 Å². The van der Waals surface area contributed by atoms with Crippen molar-refractivity contribution in [3.63, 3.8) is 0 Å². The fraction of sp³-hybridized carbons (Fsp3) is 0.316. The van der Waals surface area contributed by atoms with E-state index in [1.54, 1.807) is 11.0 Å². The fourth-order valence-electron chi connectivity index (χ4n) is 3.39. The van der Waals surface area contributed by atoms with E-state index in [0.29, 0.717) is 6.54 Å². The minimum absolute atomic E-state index is 0.124. The van der Waals surface area contributed by atoms with E-state index in [1.165, 1.54) is 25.1 Å². The number of amides is 1. The quantitative estimate of drug-likeness (QED) is 0.824. The van der Waals surface area contributed by atoms with Gasteiger partial charge in [0, 0.05) is 12.2 Å². The normalized spacial score (nSPS) is 15.3. The van der Waals surface area contributed by atoms with Crippen LogP contribution in [0.2, 0.25) is 0 Å². The predicted molar refractivity (Wildman–Crippen MR) is 100 cm³/mol. The summed E-state index contributed by atoms with van der Waals surface area (Å²) < 4.78 is 39.8. The standard InChI is InChI=1S/C19H21FN2O3S/c1-14(22(26(2,24)25)18-12-6-4-10-16(18)20)19(23)21-13-7-9-15-8-3-5-11-17(15)21/h3-6,8,10-12,14H,7,9,13H2,1-2H3. The Bertz CT molecular complexity index is 930. The van der Waals surface area contributed by atoms with Crippen LogP contribution >= 0.6 is 0 Å². The lowest BCUT2D eigenvalue weighted by Gasteiger charge is -2.35. The van der Waals surface area contributed by atoms with Crippen LogP contribution in [0.4, 0.5) is 15.8 Å². The first-order valence-corrected chi connectivity index (χ1v) is 10.3. The number of aryl methyl sites for hydroxylation is 1. The summed E-state index contributed by atoms with van der Waals surface area (Å²) in [5.74, 6) is -1.05. The van der Waals surface area contributed by atoms with Gasteiger partial charge < -0.3 is 4.90 Å². The molecule has 0 aromatic heterocycles. The topological polar surface area (TPSA) is 57.7 Å². The smallest absolute Gasteiger partial charge is 0.250 e. The SMILES string of the molecule is CC(C(=O)N1CCCc2ccccc21)N(c1ccccc1F)S(C)(=O)=O. The molecule has 2 aromatic carbocycles. The van der Waals surface area contributed by atoms with E-state index in [-0.39, 0.29) is 11.6 Å². The van der Waals surface area contributed by atoms with E-state index >= 15 is 0 Å². The molecule has 26 heavy (non-hydrogen) atoms. The van der Waals surface area contributed by atoms with Crippen LogP contribution in [-0.2, 0) is 21.2 Å². The second kappa shape index (κ2) is 7.07. The molecule has 1 atom stereocenters. The molecule has 2 aromatic rings. The van der Waals surface area contributed by atoms with E-state index in [2.05, 4.69) is 0 Å². The average Bonchev–Trinajstić information content (AvgIpc) is 2.61. The number of para-hydroxylation sites is 2.